The van der Waals surface area contributed by atoms with E-state index in [9.17, 15) is 4.79 Å². The maximum Gasteiger partial charge on any atom is 0.248 e. The van der Waals surface area contributed by atoms with Gasteiger partial charge in [0.2, 0.25) is 5.91 Å². The molecule has 2 aromatic rings. The number of hydrogen-bond donors (Lipinski definition) is 3. The van der Waals surface area contributed by atoms with E-state index in [0.717, 1.165) is 11.5 Å². The second-order valence-electron chi connectivity index (χ2n) is 5.33. The van der Waals surface area contributed by atoms with Crippen molar-refractivity contribution in [2.24, 2.45) is 10.7 Å². The lowest BCUT2D eigenvalue weighted by Crippen LogP contribution is -2.36. The minimum atomic E-state index is -0.417. The number of nitrogens with zero attached hydrogens (tertiary/aromatic N) is 1. The Hall–Kier alpha value is -2.09. The van der Waals surface area contributed by atoms with Crippen LogP contribution in [-0.4, -0.2) is 18.9 Å². The maximum absolute atomic E-state index is 11.0. The highest BCUT2D eigenvalue weighted by Crippen LogP contribution is 2.04. The van der Waals surface area contributed by atoms with Crippen molar-refractivity contribution < 1.29 is 4.79 Å². The van der Waals surface area contributed by atoms with Crippen LogP contribution in [0, 0.1) is 6.92 Å². The number of nitrogens with two attached hydrogens (primary N) is 1. The molecule has 2 rings (SSSR count). The zero-order valence-corrected chi connectivity index (χ0v) is 16.2. The molecule has 0 bridgehead atoms. The number of carbonyl (C=O) groups excluding carboxylic acids is 1. The van der Waals surface area contributed by atoms with E-state index >= 15 is 0 Å². The minimum Gasteiger partial charge on any atom is -0.366 e. The molecule has 1 amide bonds. The fraction of sp³-hybridized carbons (Fsp3) is 0.222. The molecule has 0 saturated carbocycles. The van der Waals surface area contributed by atoms with Gasteiger partial charge in [-0.25, -0.2) is 0 Å². The van der Waals surface area contributed by atoms with Crippen LogP contribution in [0.5, 0.6) is 0 Å². The Morgan fingerprint density at radius 3 is 2.21 bits per heavy atom. The third kappa shape index (κ3) is 6.19. The summed E-state index contributed by atoms with van der Waals surface area (Å²) in [5.41, 5.74) is 9.23. The van der Waals surface area contributed by atoms with Crippen LogP contribution < -0.4 is 16.4 Å². The van der Waals surface area contributed by atoms with Gasteiger partial charge in [-0.05, 0) is 30.2 Å². The summed E-state index contributed by atoms with van der Waals surface area (Å²) >= 11 is 0. The van der Waals surface area contributed by atoms with Gasteiger partial charge in [0.25, 0.3) is 0 Å². The fourth-order valence-electron chi connectivity index (χ4n) is 2.20. The van der Waals surface area contributed by atoms with E-state index in [1.165, 1.54) is 11.1 Å². The van der Waals surface area contributed by atoms with Gasteiger partial charge in [-0.15, -0.1) is 24.0 Å². The number of guanidine groups is 1. The van der Waals surface area contributed by atoms with E-state index in [-0.39, 0.29) is 24.0 Å². The normalized spacial score (nSPS) is 10.7. The topological polar surface area (TPSA) is 79.5 Å². The third-order valence-corrected chi connectivity index (χ3v) is 3.46. The van der Waals surface area contributed by atoms with Crippen molar-refractivity contribution in [1.82, 2.24) is 10.6 Å². The molecule has 4 N–H and O–H groups in total. The van der Waals surface area contributed by atoms with Crippen molar-refractivity contribution in [3.63, 3.8) is 0 Å². The zero-order chi connectivity index (χ0) is 16.7. The van der Waals surface area contributed by atoms with E-state index in [0.29, 0.717) is 18.7 Å². The number of benzene rings is 2. The molecule has 5 nitrogen and oxygen atoms in total. The molecule has 0 aliphatic heterocycles. The van der Waals surface area contributed by atoms with Crippen LogP contribution in [0.1, 0.15) is 27.0 Å². The first kappa shape index (κ1) is 20.0. The molecule has 0 fully saturated rings. The van der Waals surface area contributed by atoms with E-state index in [1.54, 1.807) is 19.2 Å². The Labute approximate surface area is 159 Å². The smallest absolute Gasteiger partial charge is 0.248 e. The Bertz CT molecular complexity index is 698. The van der Waals surface area contributed by atoms with E-state index < -0.39 is 5.91 Å². The molecular weight excluding hydrogens is 415 g/mol. The first-order valence-corrected chi connectivity index (χ1v) is 7.47. The largest absolute Gasteiger partial charge is 0.366 e. The fourth-order valence-corrected chi connectivity index (χ4v) is 2.20. The van der Waals surface area contributed by atoms with Crippen LogP contribution in [0.4, 0.5) is 0 Å². The summed E-state index contributed by atoms with van der Waals surface area (Å²) in [5, 5.41) is 6.52. The molecule has 0 aliphatic carbocycles. The average Bonchev–Trinajstić information content (AvgIpc) is 2.55. The summed E-state index contributed by atoms with van der Waals surface area (Å²) in [4.78, 5) is 15.3. The molecule has 0 aliphatic rings. The van der Waals surface area contributed by atoms with Crippen molar-refractivity contribution >= 4 is 35.8 Å². The van der Waals surface area contributed by atoms with Crippen LogP contribution in [0.25, 0.3) is 0 Å². The second-order valence-corrected chi connectivity index (χ2v) is 5.33. The highest BCUT2D eigenvalue weighted by Gasteiger charge is 2.02. The van der Waals surface area contributed by atoms with Crippen molar-refractivity contribution in [3.8, 4) is 0 Å². The predicted octanol–water partition coefficient (Wildman–Crippen LogP) is 2.58. The molecular formula is C18H23IN4O. The van der Waals surface area contributed by atoms with Crippen LogP contribution in [-0.2, 0) is 13.1 Å². The lowest BCUT2D eigenvalue weighted by atomic mass is 10.1. The number of hydrogen-bond acceptors (Lipinski definition) is 2. The van der Waals surface area contributed by atoms with E-state index in [1.807, 2.05) is 18.2 Å². The van der Waals surface area contributed by atoms with Crippen LogP contribution in [0.2, 0.25) is 0 Å². The molecule has 0 heterocycles. The molecule has 128 valence electrons. The highest BCUT2D eigenvalue weighted by atomic mass is 127. The van der Waals surface area contributed by atoms with Gasteiger partial charge in [0.1, 0.15) is 0 Å². The van der Waals surface area contributed by atoms with Crippen LogP contribution in [0.3, 0.4) is 0 Å². The number of primary amides is 1. The van der Waals surface area contributed by atoms with Crippen molar-refractivity contribution in [2.45, 2.75) is 20.0 Å². The minimum absolute atomic E-state index is 0. The van der Waals surface area contributed by atoms with Gasteiger partial charge < -0.3 is 16.4 Å². The third-order valence-electron chi connectivity index (χ3n) is 3.46. The lowest BCUT2D eigenvalue weighted by molar-refractivity contribution is 0.100. The molecule has 2 aromatic carbocycles. The molecule has 0 atom stereocenters. The van der Waals surface area contributed by atoms with Gasteiger partial charge in [0, 0.05) is 25.7 Å². The summed E-state index contributed by atoms with van der Waals surface area (Å²) < 4.78 is 0. The summed E-state index contributed by atoms with van der Waals surface area (Å²) in [7, 11) is 1.74. The van der Waals surface area contributed by atoms with E-state index in [2.05, 4.69) is 40.7 Å². The molecule has 0 saturated heterocycles. The van der Waals surface area contributed by atoms with Crippen molar-refractivity contribution in [2.75, 3.05) is 7.05 Å². The van der Waals surface area contributed by atoms with Crippen molar-refractivity contribution in [3.05, 3.63) is 70.8 Å². The van der Waals surface area contributed by atoms with Gasteiger partial charge in [0.15, 0.2) is 5.96 Å². The van der Waals surface area contributed by atoms with Gasteiger partial charge in [0.05, 0.1) is 0 Å². The van der Waals surface area contributed by atoms with Gasteiger partial charge >= 0.3 is 0 Å². The number of halogens is 1. The Balaban J connectivity index is 0.00000288. The van der Waals surface area contributed by atoms with Gasteiger partial charge in [-0.2, -0.15) is 0 Å². The maximum atomic E-state index is 11.0. The molecule has 0 radical (unpaired) electrons. The lowest BCUT2D eigenvalue weighted by Gasteiger charge is -2.12. The number of carbonyl (C=O) groups is 1. The van der Waals surface area contributed by atoms with Crippen LogP contribution >= 0.6 is 24.0 Å². The predicted molar refractivity (Wildman–Crippen MR) is 109 cm³/mol. The molecule has 0 unspecified atom stereocenters. The number of rotatable bonds is 5. The molecule has 0 spiro atoms. The van der Waals surface area contributed by atoms with Crippen molar-refractivity contribution in [1.29, 1.82) is 0 Å². The average molecular weight is 438 g/mol. The SMILES string of the molecule is CN=C(NCc1ccc(C(N)=O)cc1)NCc1cccc(C)c1.I. The summed E-state index contributed by atoms with van der Waals surface area (Å²) in [6, 6.07) is 15.5. The Morgan fingerprint density at radius 2 is 1.67 bits per heavy atom. The van der Waals surface area contributed by atoms with Gasteiger partial charge in [-0.1, -0.05) is 42.0 Å². The Morgan fingerprint density at radius 1 is 1.04 bits per heavy atom. The number of amides is 1. The molecule has 6 heteroatoms. The standard InChI is InChI=1S/C18H22N4O.HI/c1-13-4-3-5-15(10-13)12-22-18(20-2)21-11-14-6-8-16(9-7-14)17(19)23;/h3-10H,11-12H2,1-2H3,(H2,19,23)(H2,20,21,22);1H. The Kier molecular flexibility index (Phi) is 8.25. The van der Waals surface area contributed by atoms with E-state index in [4.69, 9.17) is 5.73 Å². The summed E-state index contributed by atoms with van der Waals surface area (Å²) in [5.74, 6) is 0.311. The molecule has 24 heavy (non-hydrogen) atoms. The zero-order valence-electron chi connectivity index (χ0n) is 13.9. The highest BCUT2D eigenvalue weighted by molar-refractivity contribution is 14.0. The summed E-state index contributed by atoms with van der Waals surface area (Å²) in [6.07, 6.45) is 0. The number of aliphatic imine (C=N–C) groups is 1. The quantitative estimate of drug-likeness (QED) is 0.382. The monoisotopic (exact) mass is 438 g/mol. The number of aryl methyl sites for hydroxylation is 1. The second kappa shape index (κ2) is 9.92. The first-order chi connectivity index (χ1) is 11.1. The van der Waals surface area contributed by atoms with Gasteiger partial charge in [-0.3, -0.25) is 9.79 Å². The summed E-state index contributed by atoms with van der Waals surface area (Å²) in [6.45, 7) is 3.40. The molecule has 0 aromatic heterocycles. The first-order valence-electron chi connectivity index (χ1n) is 7.47. The number of nitrogens with one attached hydrogen (secondary N) is 2. The van der Waals surface area contributed by atoms with Crippen LogP contribution in [0.15, 0.2) is 53.5 Å².